The third kappa shape index (κ3) is 5.20. The van der Waals surface area contributed by atoms with Gasteiger partial charge < -0.3 is 5.11 Å². The molecule has 2 N–H and O–H groups in total. The molecule has 6 nitrogen and oxygen atoms in total. The van der Waals surface area contributed by atoms with Gasteiger partial charge in [0.15, 0.2) is 0 Å². The standard InChI is InChI=1S/C21H18F2N2O4S2/c1-12-8-15(9-16(13(12)2)21(26)27)31(28,29)25-14-6-7-20(24-10-14)30-11-17-18(22)4-3-5-19(17)23/h3-10,25H,11H2,1-2H3,(H,26,27). The lowest BCUT2D eigenvalue weighted by Gasteiger charge is -2.12. The molecule has 0 radical (unpaired) electrons. The van der Waals surface area contributed by atoms with Crippen LogP contribution in [0, 0.1) is 25.5 Å². The van der Waals surface area contributed by atoms with Gasteiger partial charge in [-0.25, -0.2) is 27.0 Å². The molecule has 0 aliphatic carbocycles. The van der Waals surface area contributed by atoms with Gasteiger partial charge in [-0.15, -0.1) is 11.8 Å². The van der Waals surface area contributed by atoms with Crippen molar-refractivity contribution in [3.05, 3.63) is 82.5 Å². The minimum Gasteiger partial charge on any atom is -0.478 e. The molecule has 0 unspecified atom stereocenters. The van der Waals surface area contributed by atoms with Crippen molar-refractivity contribution >= 4 is 33.4 Å². The number of carboxylic acid groups (broad SMARTS) is 1. The molecule has 31 heavy (non-hydrogen) atoms. The zero-order valence-electron chi connectivity index (χ0n) is 16.5. The fourth-order valence-electron chi connectivity index (χ4n) is 2.76. The van der Waals surface area contributed by atoms with Crippen LogP contribution >= 0.6 is 11.8 Å². The molecule has 1 heterocycles. The number of anilines is 1. The molecule has 1 aromatic heterocycles. The van der Waals surface area contributed by atoms with Crippen molar-refractivity contribution in [2.75, 3.05) is 4.72 Å². The van der Waals surface area contributed by atoms with Crippen molar-refractivity contribution in [1.29, 1.82) is 0 Å². The Bertz CT molecular complexity index is 1230. The maximum absolute atomic E-state index is 13.7. The van der Waals surface area contributed by atoms with E-state index in [1.54, 1.807) is 13.8 Å². The normalized spacial score (nSPS) is 11.4. The van der Waals surface area contributed by atoms with Gasteiger partial charge in [-0.05, 0) is 61.4 Å². The fraction of sp³-hybridized carbons (Fsp3) is 0.143. The third-order valence-corrected chi connectivity index (χ3v) is 6.93. The molecule has 10 heteroatoms. The first kappa shape index (κ1) is 22.7. The van der Waals surface area contributed by atoms with Crippen LogP contribution in [-0.2, 0) is 15.8 Å². The van der Waals surface area contributed by atoms with Crippen LogP contribution < -0.4 is 4.72 Å². The highest BCUT2D eigenvalue weighted by Crippen LogP contribution is 2.26. The van der Waals surface area contributed by atoms with Crippen LogP contribution in [0.1, 0.15) is 27.0 Å². The number of thioether (sulfide) groups is 1. The van der Waals surface area contributed by atoms with Gasteiger partial charge in [-0.2, -0.15) is 0 Å². The first-order valence-electron chi connectivity index (χ1n) is 8.97. The summed E-state index contributed by atoms with van der Waals surface area (Å²) in [7, 11) is -4.05. The number of aryl methyl sites for hydroxylation is 1. The zero-order valence-corrected chi connectivity index (χ0v) is 18.2. The second kappa shape index (κ2) is 9.03. The van der Waals surface area contributed by atoms with E-state index in [4.69, 9.17) is 0 Å². The quantitative estimate of drug-likeness (QED) is 0.489. The number of benzene rings is 2. The molecule has 0 fully saturated rings. The number of carboxylic acids is 1. The Morgan fingerprint density at radius 2 is 1.81 bits per heavy atom. The smallest absolute Gasteiger partial charge is 0.336 e. The summed E-state index contributed by atoms with van der Waals surface area (Å²) in [4.78, 5) is 15.3. The molecule has 2 aromatic carbocycles. The number of rotatable bonds is 7. The number of hydrogen-bond acceptors (Lipinski definition) is 5. The fourth-order valence-corrected chi connectivity index (χ4v) is 4.77. The topological polar surface area (TPSA) is 96.4 Å². The lowest BCUT2D eigenvalue weighted by Crippen LogP contribution is -2.15. The number of nitrogens with zero attached hydrogens (tertiary/aromatic N) is 1. The summed E-state index contributed by atoms with van der Waals surface area (Å²) < 4.78 is 55.2. The van der Waals surface area contributed by atoms with E-state index in [9.17, 15) is 27.1 Å². The van der Waals surface area contributed by atoms with E-state index in [2.05, 4.69) is 9.71 Å². The monoisotopic (exact) mass is 464 g/mol. The summed E-state index contributed by atoms with van der Waals surface area (Å²) >= 11 is 1.10. The number of aromatic carboxylic acids is 1. The van der Waals surface area contributed by atoms with E-state index in [0.717, 1.165) is 17.8 Å². The van der Waals surface area contributed by atoms with Crippen LogP contribution in [0.2, 0.25) is 0 Å². The maximum Gasteiger partial charge on any atom is 0.336 e. The summed E-state index contributed by atoms with van der Waals surface area (Å²) in [6.45, 7) is 3.24. The predicted octanol–water partition coefficient (Wildman–Crippen LogP) is 4.77. The SMILES string of the molecule is Cc1cc(S(=O)(=O)Nc2ccc(SCc3c(F)cccc3F)nc2)cc(C(=O)O)c1C. The second-order valence-corrected chi connectivity index (χ2v) is 9.38. The van der Waals surface area contributed by atoms with Crippen molar-refractivity contribution in [2.24, 2.45) is 0 Å². The minimum absolute atomic E-state index is 0.0250. The average Bonchev–Trinajstić information content (AvgIpc) is 2.70. The van der Waals surface area contributed by atoms with Crippen LogP contribution in [0.15, 0.2) is 58.6 Å². The van der Waals surface area contributed by atoms with Gasteiger partial charge in [0.2, 0.25) is 0 Å². The second-order valence-electron chi connectivity index (χ2n) is 6.70. The number of aromatic nitrogens is 1. The van der Waals surface area contributed by atoms with Crippen molar-refractivity contribution in [1.82, 2.24) is 4.98 Å². The summed E-state index contributed by atoms with van der Waals surface area (Å²) in [5.74, 6) is -2.49. The lowest BCUT2D eigenvalue weighted by molar-refractivity contribution is 0.0695. The molecule has 0 aliphatic rings. The number of pyridine rings is 1. The minimum atomic E-state index is -4.05. The molecular weight excluding hydrogens is 446 g/mol. The number of sulfonamides is 1. The van der Waals surface area contributed by atoms with Gasteiger partial charge >= 0.3 is 5.97 Å². The molecule has 0 bridgehead atoms. The third-order valence-electron chi connectivity index (χ3n) is 4.60. The number of carbonyl (C=O) groups is 1. The van der Waals surface area contributed by atoms with Crippen LogP contribution in [0.25, 0.3) is 0 Å². The molecule has 0 atom stereocenters. The molecule has 0 amide bonds. The van der Waals surface area contributed by atoms with E-state index >= 15 is 0 Å². The highest BCUT2D eigenvalue weighted by Gasteiger charge is 2.20. The first-order valence-corrected chi connectivity index (χ1v) is 11.4. The average molecular weight is 465 g/mol. The molecule has 3 aromatic rings. The number of nitrogens with one attached hydrogen (secondary N) is 1. The van der Waals surface area contributed by atoms with Gasteiger partial charge in [0.1, 0.15) is 11.6 Å². The molecule has 0 saturated heterocycles. The Morgan fingerprint density at radius 1 is 1.13 bits per heavy atom. The van der Waals surface area contributed by atoms with Crippen molar-refractivity contribution in [2.45, 2.75) is 29.5 Å². The van der Waals surface area contributed by atoms with E-state index in [0.29, 0.717) is 16.2 Å². The zero-order chi connectivity index (χ0) is 22.8. The molecule has 0 spiro atoms. The summed E-state index contributed by atoms with van der Waals surface area (Å²) in [5, 5.41) is 9.74. The summed E-state index contributed by atoms with van der Waals surface area (Å²) in [6, 6.07) is 9.11. The van der Waals surface area contributed by atoms with Crippen LogP contribution in [0.4, 0.5) is 14.5 Å². The van der Waals surface area contributed by atoms with Crippen molar-refractivity contribution in [3.8, 4) is 0 Å². The summed E-state index contributed by atoms with van der Waals surface area (Å²) in [6.07, 6.45) is 1.27. The van der Waals surface area contributed by atoms with Crippen molar-refractivity contribution in [3.63, 3.8) is 0 Å². The van der Waals surface area contributed by atoms with Gasteiger partial charge in [0.25, 0.3) is 10.0 Å². The molecule has 0 saturated carbocycles. The molecule has 3 rings (SSSR count). The van der Waals surface area contributed by atoms with Crippen LogP contribution in [0.3, 0.4) is 0 Å². The largest absolute Gasteiger partial charge is 0.478 e. The summed E-state index contributed by atoms with van der Waals surface area (Å²) in [5.41, 5.74) is 1.02. The number of hydrogen-bond donors (Lipinski definition) is 2. The Balaban J connectivity index is 1.75. The maximum atomic E-state index is 13.7. The van der Waals surface area contributed by atoms with Crippen LogP contribution in [-0.4, -0.2) is 24.5 Å². The highest BCUT2D eigenvalue weighted by atomic mass is 32.2. The van der Waals surface area contributed by atoms with Gasteiger partial charge in [0.05, 0.1) is 27.4 Å². The van der Waals surface area contributed by atoms with Gasteiger partial charge in [0, 0.05) is 11.3 Å². The molecular formula is C21H18F2N2O4S2. The van der Waals surface area contributed by atoms with E-state index in [1.807, 2.05) is 0 Å². The Morgan fingerprint density at radius 3 is 2.39 bits per heavy atom. The van der Waals surface area contributed by atoms with Gasteiger partial charge in [-0.1, -0.05) is 6.07 Å². The number of halogens is 2. The van der Waals surface area contributed by atoms with E-state index < -0.39 is 27.6 Å². The predicted molar refractivity (Wildman–Crippen MR) is 114 cm³/mol. The highest BCUT2D eigenvalue weighted by molar-refractivity contribution is 7.98. The lowest BCUT2D eigenvalue weighted by atomic mass is 10.0. The van der Waals surface area contributed by atoms with Crippen LogP contribution in [0.5, 0.6) is 0 Å². The van der Waals surface area contributed by atoms with Crippen molar-refractivity contribution < 1.29 is 27.1 Å². The Hall–Kier alpha value is -2.98. The van der Waals surface area contributed by atoms with E-state index in [-0.39, 0.29) is 27.5 Å². The molecule has 0 aliphatic heterocycles. The first-order chi connectivity index (χ1) is 14.6. The molecule has 162 valence electrons. The Kier molecular flexibility index (Phi) is 6.61. The van der Waals surface area contributed by atoms with E-state index in [1.165, 1.54) is 42.6 Å². The Labute approximate surface area is 182 Å². The van der Waals surface area contributed by atoms with Gasteiger partial charge in [-0.3, -0.25) is 4.72 Å².